The van der Waals surface area contributed by atoms with Gasteiger partial charge in [-0.25, -0.2) is 13.8 Å². The summed E-state index contributed by atoms with van der Waals surface area (Å²) in [5.74, 6) is 0.0442. The Morgan fingerprint density at radius 1 is 1.15 bits per heavy atom. The number of nitrogens with zero attached hydrogens (tertiary/aromatic N) is 3. The number of hydrogen-bond donors (Lipinski definition) is 0. The van der Waals surface area contributed by atoms with Gasteiger partial charge in [0.1, 0.15) is 17.2 Å². The smallest absolute Gasteiger partial charge is 0.187 e. The van der Waals surface area contributed by atoms with Gasteiger partial charge in [-0.15, -0.1) is 0 Å². The second-order valence-electron chi connectivity index (χ2n) is 8.35. The maximum atomic E-state index is 15.5. The third kappa shape index (κ3) is 5.13. The lowest BCUT2D eigenvalue weighted by Crippen LogP contribution is -2.23. The number of likely N-dealkylation sites (tertiary alicyclic amines) is 1. The predicted molar refractivity (Wildman–Crippen MR) is 123 cm³/mol. The van der Waals surface area contributed by atoms with Crippen molar-refractivity contribution in [2.45, 2.75) is 31.9 Å². The Hall–Kier alpha value is -3.48. The molecule has 1 unspecified atom stereocenters. The van der Waals surface area contributed by atoms with Gasteiger partial charge in [0.25, 0.3) is 0 Å². The Balaban J connectivity index is 1.43. The standard InChI is InChI=1S/C26H27F2N3O2/c1-19-17-31(18-29-19)23-9-4-20(16-25(23)33-2)24(32)10-14-30-13-3-11-26(28,12-15-30)21-5-7-22(27)8-6-21/h4-10,14,16-18H,3,11-13,15H2,1-2H3. The van der Waals surface area contributed by atoms with Crippen LogP contribution in [-0.2, 0) is 5.67 Å². The van der Waals surface area contributed by atoms with Gasteiger partial charge >= 0.3 is 0 Å². The predicted octanol–water partition coefficient (Wildman–Crippen LogP) is 5.38. The van der Waals surface area contributed by atoms with E-state index in [-0.39, 0.29) is 18.0 Å². The highest BCUT2D eigenvalue weighted by Crippen LogP contribution is 2.37. The lowest BCUT2D eigenvalue weighted by molar-refractivity contribution is 0.104. The number of methoxy groups -OCH3 is 1. The maximum absolute atomic E-state index is 15.5. The first-order valence-corrected chi connectivity index (χ1v) is 11.0. The molecule has 172 valence electrons. The molecule has 7 heteroatoms. The molecule has 2 aromatic carbocycles. The lowest BCUT2D eigenvalue weighted by Gasteiger charge is -2.24. The molecule has 1 atom stereocenters. The van der Waals surface area contributed by atoms with Crippen molar-refractivity contribution in [2.75, 3.05) is 20.2 Å². The van der Waals surface area contributed by atoms with E-state index in [1.54, 1.807) is 31.8 Å². The van der Waals surface area contributed by atoms with E-state index in [4.69, 9.17) is 4.74 Å². The van der Waals surface area contributed by atoms with Crippen molar-refractivity contribution in [1.29, 1.82) is 0 Å². The minimum absolute atomic E-state index is 0.157. The van der Waals surface area contributed by atoms with Crippen molar-refractivity contribution < 1.29 is 18.3 Å². The highest BCUT2D eigenvalue weighted by molar-refractivity contribution is 6.04. The molecule has 1 aromatic heterocycles. The fourth-order valence-electron chi connectivity index (χ4n) is 4.17. The van der Waals surface area contributed by atoms with E-state index in [0.29, 0.717) is 42.8 Å². The molecule has 0 aliphatic carbocycles. The Morgan fingerprint density at radius 3 is 2.64 bits per heavy atom. The van der Waals surface area contributed by atoms with Crippen molar-refractivity contribution in [3.05, 3.63) is 89.9 Å². The summed E-state index contributed by atoms with van der Waals surface area (Å²) in [5.41, 5.74) is 1.20. The summed E-state index contributed by atoms with van der Waals surface area (Å²) in [6, 6.07) is 10.9. The Bertz CT molecular complexity index is 1160. The lowest BCUT2D eigenvalue weighted by atomic mass is 9.89. The number of alkyl halides is 1. The molecule has 0 N–H and O–H groups in total. The van der Waals surface area contributed by atoms with Crippen LogP contribution in [0, 0.1) is 12.7 Å². The van der Waals surface area contributed by atoms with Crippen LogP contribution in [0.2, 0.25) is 0 Å². The van der Waals surface area contributed by atoms with E-state index in [1.165, 1.54) is 30.3 Å². The van der Waals surface area contributed by atoms with Crippen molar-refractivity contribution in [3.8, 4) is 11.4 Å². The number of ether oxygens (including phenoxy) is 1. The van der Waals surface area contributed by atoms with Crippen molar-refractivity contribution in [2.24, 2.45) is 0 Å². The zero-order valence-electron chi connectivity index (χ0n) is 18.8. The van der Waals surface area contributed by atoms with Crippen LogP contribution >= 0.6 is 0 Å². The molecule has 1 saturated heterocycles. The van der Waals surface area contributed by atoms with E-state index in [2.05, 4.69) is 4.98 Å². The molecule has 2 heterocycles. The number of benzene rings is 2. The van der Waals surface area contributed by atoms with Gasteiger partial charge in [0, 0.05) is 43.5 Å². The zero-order chi connectivity index (χ0) is 23.4. The minimum Gasteiger partial charge on any atom is -0.495 e. The van der Waals surface area contributed by atoms with Gasteiger partial charge in [-0.1, -0.05) is 12.1 Å². The fourth-order valence-corrected chi connectivity index (χ4v) is 4.17. The summed E-state index contributed by atoms with van der Waals surface area (Å²) in [6.45, 7) is 3.03. The van der Waals surface area contributed by atoms with E-state index >= 15 is 4.39 Å². The van der Waals surface area contributed by atoms with Gasteiger partial charge in [0.05, 0.1) is 24.8 Å². The normalized spacial score (nSPS) is 19.0. The second kappa shape index (κ2) is 9.57. The van der Waals surface area contributed by atoms with Gasteiger partial charge in [-0.2, -0.15) is 0 Å². The van der Waals surface area contributed by atoms with Crippen LogP contribution in [0.25, 0.3) is 5.69 Å². The van der Waals surface area contributed by atoms with Crippen molar-refractivity contribution in [3.63, 3.8) is 0 Å². The maximum Gasteiger partial charge on any atom is 0.187 e. The molecule has 0 bridgehead atoms. The number of ketones is 1. The molecular weight excluding hydrogens is 424 g/mol. The number of carbonyl (C=O) groups excluding carboxylic acids is 1. The average molecular weight is 452 g/mol. The topological polar surface area (TPSA) is 47.4 Å². The van der Waals surface area contributed by atoms with Gasteiger partial charge < -0.3 is 14.2 Å². The second-order valence-corrected chi connectivity index (χ2v) is 8.35. The summed E-state index contributed by atoms with van der Waals surface area (Å²) in [7, 11) is 1.56. The number of hydrogen-bond acceptors (Lipinski definition) is 4. The van der Waals surface area contributed by atoms with E-state index in [9.17, 15) is 9.18 Å². The summed E-state index contributed by atoms with van der Waals surface area (Å²) in [5, 5.41) is 0. The minimum atomic E-state index is -1.49. The van der Waals surface area contributed by atoms with E-state index < -0.39 is 5.67 Å². The summed E-state index contributed by atoms with van der Waals surface area (Å²) in [4.78, 5) is 19.0. The summed E-state index contributed by atoms with van der Waals surface area (Å²) < 4.78 is 36.1. The first-order chi connectivity index (χ1) is 15.9. The number of carbonyl (C=O) groups is 1. The molecule has 0 radical (unpaired) electrons. The molecule has 5 nitrogen and oxygen atoms in total. The third-order valence-corrected chi connectivity index (χ3v) is 6.07. The number of aromatic nitrogens is 2. The van der Waals surface area contributed by atoms with E-state index in [1.807, 2.05) is 28.7 Å². The molecule has 0 spiro atoms. The molecule has 33 heavy (non-hydrogen) atoms. The van der Waals surface area contributed by atoms with Crippen LogP contribution in [0.5, 0.6) is 5.75 Å². The van der Waals surface area contributed by atoms with Crippen LogP contribution in [0.3, 0.4) is 0 Å². The van der Waals surface area contributed by atoms with Crippen LogP contribution in [0.1, 0.15) is 40.9 Å². The molecule has 1 aliphatic heterocycles. The zero-order valence-corrected chi connectivity index (χ0v) is 18.8. The Labute approximate surface area is 192 Å². The molecule has 3 aromatic rings. The first-order valence-electron chi connectivity index (χ1n) is 11.0. The Kier molecular flexibility index (Phi) is 6.58. The number of imidazole rings is 1. The van der Waals surface area contributed by atoms with Crippen LogP contribution in [0.4, 0.5) is 8.78 Å². The highest BCUT2D eigenvalue weighted by Gasteiger charge is 2.33. The van der Waals surface area contributed by atoms with Gasteiger partial charge in [-0.3, -0.25) is 4.79 Å². The van der Waals surface area contributed by atoms with Crippen molar-refractivity contribution >= 4 is 5.78 Å². The molecule has 0 amide bonds. The molecule has 1 fully saturated rings. The molecule has 1 aliphatic rings. The third-order valence-electron chi connectivity index (χ3n) is 6.07. The highest BCUT2D eigenvalue weighted by atomic mass is 19.1. The van der Waals surface area contributed by atoms with Crippen LogP contribution in [-0.4, -0.2) is 40.4 Å². The summed E-state index contributed by atoms with van der Waals surface area (Å²) in [6.07, 6.45) is 8.12. The summed E-state index contributed by atoms with van der Waals surface area (Å²) >= 11 is 0. The SMILES string of the molecule is COc1cc(C(=O)C=CN2CCCC(F)(c3ccc(F)cc3)CC2)ccc1-n1cnc(C)c1. The number of allylic oxidation sites excluding steroid dienone is 1. The molecular formula is C26H27F2N3O2. The first kappa shape index (κ1) is 22.7. The van der Waals surface area contributed by atoms with Crippen LogP contribution < -0.4 is 4.74 Å². The largest absolute Gasteiger partial charge is 0.495 e. The fraction of sp³-hybridized carbons (Fsp3) is 0.308. The van der Waals surface area contributed by atoms with E-state index in [0.717, 1.165) is 11.4 Å². The molecule has 0 saturated carbocycles. The number of halogens is 2. The van der Waals surface area contributed by atoms with Gasteiger partial charge in [0.15, 0.2) is 5.78 Å². The van der Waals surface area contributed by atoms with Gasteiger partial charge in [0.2, 0.25) is 0 Å². The van der Waals surface area contributed by atoms with Crippen molar-refractivity contribution in [1.82, 2.24) is 14.5 Å². The Morgan fingerprint density at radius 2 is 1.94 bits per heavy atom. The van der Waals surface area contributed by atoms with Gasteiger partial charge in [-0.05, 0) is 55.7 Å². The monoisotopic (exact) mass is 451 g/mol. The molecule has 4 rings (SSSR count). The number of aryl methyl sites for hydroxylation is 1. The quantitative estimate of drug-likeness (QED) is 0.373. The number of rotatable bonds is 6. The van der Waals surface area contributed by atoms with Crippen LogP contribution in [0.15, 0.2) is 67.3 Å². The average Bonchev–Trinajstić information content (AvgIpc) is 3.16.